The van der Waals surface area contributed by atoms with Gasteiger partial charge < -0.3 is 20.1 Å². The van der Waals surface area contributed by atoms with Gasteiger partial charge in [-0.3, -0.25) is 14.8 Å². The highest BCUT2D eigenvalue weighted by Gasteiger charge is 2.50. The van der Waals surface area contributed by atoms with Crippen molar-refractivity contribution < 1.29 is 23.0 Å². The number of benzene rings is 2. The largest absolute Gasteiger partial charge is 0.493 e. The van der Waals surface area contributed by atoms with E-state index in [-0.39, 0.29) is 22.9 Å². The van der Waals surface area contributed by atoms with Gasteiger partial charge in [0.25, 0.3) is 0 Å². The van der Waals surface area contributed by atoms with Crippen LogP contribution in [-0.4, -0.2) is 63.3 Å². The Kier molecular flexibility index (Phi) is 10.9. The summed E-state index contributed by atoms with van der Waals surface area (Å²) in [6.45, 7) is 19.5. The van der Waals surface area contributed by atoms with E-state index in [0.717, 1.165) is 6.07 Å². The molecule has 0 spiro atoms. The topological polar surface area (TPSA) is 117 Å². The van der Waals surface area contributed by atoms with Gasteiger partial charge in [0.15, 0.2) is 29.0 Å². The molecule has 0 unspecified atom stereocenters. The minimum atomic E-state index is -1.12. The summed E-state index contributed by atoms with van der Waals surface area (Å²) in [5.74, 6) is 1.98. The lowest BCUT2D eigenvalue weighted by Gasteiger charge is -2.57. The maximum Gasteiger partial charge on any atom is 0.230 e. The van der Waals surface area contributed by atoms with Gasteiger partial charge in [0, 0.05) is 35.3 Å². The number of fused-ring (bicyclic) bond motifs is 1. The normalized spacial score (nSPS) is 12.2. The van der Waals surface area contributed by atoms with Crippen molar-refractivity contribution in [3.05, 3.63) is 67.0 Å². The van der Waals surface area contributed by atoms with Crippen LogP contribution in [0.1, 0.15) is 53.7 Å². The second kappa shape index (κ2) is 14.6. The number of aromatic amines is 1. The highest BCUT2D eigenvalue weighted by Crippen LogP contribution is 2.47. The van der Waals surface area contributed by atoms with Crippen LogP contribution >= 0.6 is 0 Å². The van der Waals surface area contributed by atoms with Crippen molar-refractivity contribution in [2.75, 3.05) is 37.4 Å². The van der Waals surface area contributed by atoms with E-state index in [1.165, 1.54) is 18.5 Å². The Balaban J connectivity index is 1.44. The van der Waals surface area contributed by atoms with Gasteiger partial charge >= 0.3 is 0 Å². The fourth-order valence-corrected chi connectivity index (χ4v) is 6.07. The van der Waals surface area contributed by atoms with Crippen LogP contribution in [0.3, 0.4) is 0 Å². The number of hydrogen-bond acceptors (Lipinski definition) is 8. The second-order valence-corrected chi connectivity index (χ2v) is 13.7. The molecule has 48 heavy (non-hydrogen) atoms. The van der Waals surface area contributed by atoms with Crippen molar-refractivity contribution in [2.45, 2.75) is 59.9 Å². The maximum atomic E-state index is 13.9. The number of hydrogen-bond donors (Lipinski definition) is 3. The predicted molar refractivity (Wildman–Crippen MR) is 184 cm³/mol. The SMILES string of the molecule is C#CCN(CCCOc1cc2ncnc(Nc3cc(CC(=O)Nc4cccc(F)c4F)[nH]n3)c2cc1OC)C([CH2])(C(C)(C)C)C(C)(C)C. The van der Waals surface area contributed by atoms with Crippen LogP contribution in [0.5, 0.6) is 11.5 Å². The first-order valence-electron chi connectivity index (χ1n) is 15.6. The number of halogens is 2. The van der Waals surface area contributed by atoms with Gasteiger partial charge in [-0.05, 0) is 42.4 Å². The molecule has 10 nitrogen and oxygen atoms in total. The molecule has 2 aromatic heterocycles. The minimum absolute atomic E-state index is 0.132. The first-order chi connectivity index (χ1) is 22.6. The average molecular weight is 661 g/mol. The van der Waals surface area contributed by atoms with E-state index in [9.17, 15) is 13.6 Å². The fraction of sp³-hybridized carbons (Fsp3) is 0.417. The van der Waals surface area contributed by atoms with Gasteiger partial charge in [-0.15, -0.1) is 6.42 Å². The average Bonchev–Trinajstić information content (AvgIpc) is 3.45. The third-order valence-electron chi connectivity index (χ3n) is 8.51. The van der Waals surface area contributed by atoms with Crippen LogP contribution in [0.15, 0.2) is 42.7 Å². The summed E-state index contributed by atoms with van der Waals surface area (Å²) in [6, 6.07) is 8.77. The van der Waals surface area contributed by atoms with E-state index < -0.39 is 23.1 Å². The first-order valence-corrected chi connectivity index (χ1v) is 15.6. The van der Waals surface area contributed by atoms with Crippen LogP contribution in [0, 0.1) is 41.7 Å². The summed E-state index contributed by atoms with van der Waals surface area (Å²) in [5.41, 5.74) is 0.133. The molecule has 4 rings (SSSR count). The van der Waals surface area contributed by atoms with Gasteiger partial charge in [0.05, 0.1) is 37.9 Å². The third kappa shape index (κ3) is 7.85. The number of carbonyl (C=O) groups is 1. The molecule has 0 atom stereocenters. The molecular formula is C36H44F2N7O3. The molecule has 255 valence electrons. The molecule has 0 aliphatic heterocycles. The highest BCUT2D eigenvalue weighted by atomic mass is 19.2. The Bertz CT molecular complexity index is 1770. The molecule has 1 amide bonds. The summed E-state index contributed by atoms with van der Waals surface area (Å²) in [4.78, 5) is 23.5. The molecule has 1 radical (unpaired) electrons. The molecule has 2 aromatic carbocycles. The predicted octanol–water partition coefficient (Wildman–Crippen LogP) is 6.93. The number of anilines is 3. The van der Waals surface area contributed by atoms with Crippen molar-refractivity contribution in [2.24, 2.45) is 10.8 Å². The minimum Gasteiger partial charge on any atom is -0.493 e. The summed E-state index contributed by atoms with van der Waals surface area (Å²) < 4.78 is 39.3. The van der Waals surface area contributed by atoms with Gasteiger partial charge in [0.2, 0.25) is 5.91 Å². The number of nitrogens with one attached hydrogen (secondary N) is 3. The Labute approximate surface area is 281 Å². The van der Waals surface area contributed by atoms with Crippen molar-refractivity contribution in [3.63, 3.8) is 0 Å². The lowest BCUT2D eigenvalue weighted by molar-refractivity contribution is -0.115. The lowest BCUT2D eigenvalue weighted by Crippen LogP contribution is -2.63. The van der Waals surface area contributed by atoms with E-state index >= 15 is 0 Å². The summed E-state index contributed by atoms with van der Waals surface area (Å²) >= 11 is 0. The van der Waals surface area contributed by atoms with E-state index in [1.807, 2.05) is 0 Å². The van der Waals surface area contributed by atoms with Crippen LogP contribution in [0.4, 0.5) is 26.1 Å². The van der Waals surface area contributed by atoms with E-state index in [0.29, 0.717) is 65.8 Å². The van der Waals surface area contributed by atoms with Crippen LogP contribution in [0.2, 0.25) is 0 Å². The molecule has 0 fully saturated rings. The third-order valence-corrected chi connectivity index (χ3v) is 8.51. The number of terminal acetylenes is 1. The van der Waals surface area contributed by atoms with Crippen molar-refractivity contribution >= 4 is 34.1 Å². The van der Waals surface area contributed by atoms with Crippen molar-refractivity contribution in [1.82, 2.24) is 25.1 Å². The lowest BCUT2D eigenvalue weighted by atomic mass is 9.60. The zero-order valence-corrected chi connectivity index (χ0v) is 28.6. The molecule has 12 heteroatoms. The number of methoxy groups -OCH3 is 1. The number of nitrogens with zero attached hydrogens (tertiary/aromatic N) is 4. The molecule has 2 heterocycles. The second-order valence-electron chi connectivity index (χ2n) is 13.7. The van der Waals surface area contributed by atoms with Gasteiger partial charge in [-0.2, -0.15) is 5.10 Å². The van der Waals surface area contributed by atoms with Crippen molar-refractivity contribution in [3.8, 4) is 23.8 Å². The first kappa shape index (κ1) is 36.1. The van der Waals surface area contributed by atoms with Gasteiger partial charge in [-0.25, -0.2) is 18.7 Å². The quantitative estimate of drug-likeness (QED) is 0.104. The summed E-state index contributed by atoms with van der Waals surface area (Å²) in [6.07, 6.45) is 7.76. The number of ether oxygens (including phenoxy) is 2. The summed E-state index contributed by atoms with van der Waals surface area (Å²) in [7, 11) is 1.56. The zero-order chi connectivity index (χ0) is 35.3. The molecule has 0 aliphatic carbocycles. The molecule has 0 saturated carbocycles. The molecule has 4 aromatic rings. The Morgan fingerprint density at radius 3 is 2.48 bits per heavy atom. The molecule has 0 bridgehead atoms. The van der Waals surface area contributed by atoms with Gasteiger partial charge in [-0.1, -0.05) is 53.5 Å². The highest BCUT2D eigenvalue weighted by molar-refractivity contribution is 5.93. The van der Waals surface area contributed by atoms with Crippen LogP contribution in [-0.2, 0) is 11.2 Å². The number of amides is 1. The zero-order valence-electron chi connectivity index (χ0n) is 28.6. The summed E-state index contributed by atoms with van der Waals surface area (Å²) in [5, 5.41) is 13.1. The number of H-pyrrole nitrogens is 1. The van der Waals surface area contributed by atoms with E-state index in [2.05, 4.69) is 83.2 Å². The van der Waals surface area contributed by atoms with E-state index in [4.69, 9.17) is 22.8 Å². The number of rotatable bonds is 13. The smallest absolute Gasteiger partial charge is 0.230 e. The monoisotopic (exact) mass is 660 g/mol. The Hall–Kier alpha value is -4.76. The maximum absolute atomic E-state index is 13.9. The van der Waals surface area contributed by atoms with Crippen molar-refractivity contribution in [1.29, 1.82) is 0 Å². The fourth-order valence-electron chi connectivity index (χ4n) is 6.07. The van der Waals surface area contributed by atoms with Crippen LogP contribution < -0.4 is 20.1 Å². The number of carbonyl (C=O) groups excluding carboxylic acids is 1. The molecule has 0 saturated heterocycles. The van der Waals surface area contributed by atoms with Gasteiger partial charge in [0.1, 0.15) is 12.1 Å². The Morgan fingerprint density at radius 1 is 1.08 bits per heavy atom. The molecular weight excluding hydrogens is 616 g/mol. The molecule has 0 aliphatic rings. The van der Waals surface area contributed by atoms with E-state index in [1.54, 1.807) is 25.3 Å². The Morgan fingerprint density at radius 2 is 1.81 bits per heavy atom. The van der Waals surface area contributed by atoms with Crippen LogP contribution in [0.25, 0.3) is 10.9 Å². The molecule has 3 N–H and O–H groups in total. The number of aromatic nitrogens is 4. The standard InChI is InChI=1S/C36H44F2N7O3/c1-10-15-45(36(8,34(2,3)4)35(5,6)7)16-12-17-48-29-21-27-24(20-28(29)47-9)33(40-22-39-27)42-30-18-23(43-44-30)19-31(46)41-26-14-11-13-25(37)32(26)38/h1,11,13-14,18,20-22H,8,12,15-17,19H2,2-7,9H3,(H,41,46)(H2,39,40,42,43,44).